The first kappa shape index (κ1) is 16.9. The fraction of sp³-hybridized carbons (Fsp3) is 0.615. The van der Waals surface area contributed by atoms with E-state index in [0.717, 1.165) is 0 Å². The van der Waals surface area contributed by atoms with Crippen LogP contribution >= 0.6 is 0 Å². The third kappa shape index (κ3) is 3.68. The van der Waals surface area contributed by atoms with Crippen molar-refractivity contribution in [2.24, 2.45) is 0 Å². The van der Waals surface area contributed by atoms with Crippen LogP contribution in [-0.4, -0.2) is 62.9 Å². The van der Waals surface area contributed by atoms with Crippen LogP contribution in [0.5, 0.6) is 0 Å². The lowest BCUT2D eigenvalue weighted by atomic mass is 10.3. The van der Waals surface area contributed by atoms with Crippen molar-refractivity contribution in [2.75, 3.05) is 39.5 Å². The summed E-state index contributed by atoms with van der Waals surface area (Å²) in [5.74, 6) is 0.378. The Hall–Kier alpha value is -1.18. The summed E-state index contributed by atoms with van der Waals surface area (Å²) in [5.41, 5.74) is 0. The molecular formula is C13H24N4O2S. The zero-order chi connectivity index (χ0) is 15.3. The van der Waals surface area contributed by atoms with E-state index in [1.807, 2.05) is 32.8 Å². The molecule has 0 aromatic carbocycles. The number of nitrogens with one attached hydrogen (secondary N) is 1. The predicted molar refractivity (Wildman–Crippen MR) is 81.4 cm³/mol. The van der Waals surface area contributed by atoms with Gasteiger partial charge < -0.3 is 10.2 Å². The number of anilines is 1. The average molecular weight is 300 g/mol. The fourth-order valence-corrected chi connectivity index (χ4v) is 4.03. The van der Waals surface area contributed by atoms with Crippen LogP contribution < -0.4 is 5.32 Å². The van der Waals surface area contributed by atoms with E-state index in [0.29, 0.717) is 18.9 Å². The van der Waals surface area contributed by atoms with Crippen molar-refractivity contribution in [3.8, 4) is 0 Å². The van der Waals surface area contributed by atoms with E-state index in [4.69, 9.17) is 0 Å². The summed E-state index contributed by atoms with van der Waals surface area (Å²) in [6.07, 6.45) is 1.57. The number of aromatic nitrogens is 1. The molecule has 1 heterocycles. The molecule has 0 radical (unpaired) electrons. The Morgan fingerprint density at radius 3 is 2.55 bits per heavy atom. The predicted octanol–water partition coefficient (Wildman–Crippen LogP) is 1.08. The average Bonchev–Trinajstić information content (AvgIpc) is 2.38. The smallest absolute Gasteiger partial charge is 0.247 e. The molecule has 7 heteroatoms. The first-order valence-electron chi connectivity index (χ1n) is 6.63. The van der Waals surface area contributed by atoms with Crippen molar-refractivity contribution in [3.05, 3.63) is 18.3 Å². The highest BCUT2D eigenvalue weighted by Crippen LogP contribution is 2.23. The molecule has 114 valence electrons. The molecule has 20 heavy (non-hydrogen) atoms. The van der Waals surface area contributed by atoms with Crippen molar-refractivity contribution < 1.29 is 8.42 Å². The maximum atomic E-state index is 12.8. The zero-order valence-corrected chi connectivity index (χ0v) is 13.6. The maximum absolute atomic E-state index is 12.8. The van der Waals surface area contributed by atoms with Crippen LogP contribution in [0.4, 0.5) is 5.82 Å². The summed E-state index contributed by atoms with van der Waals surface area (Å²) in [6.45, 7) is 4.85. The van der Waals surface area contributed by atoms with E-state index in [1.165, 1.54) is 4.31 Å². The summed E-state index contributed by atoms with van der Waals surface area (Å²) in [6, 6.07) is 3.11. The van der Waals surface area contributed by atoms with Crippen LogP contribution in [0.1, 0.15) is 13.8 Å². The van der Waals surface area contributed by atoms with Crippen molar-refractivity contribution in [3.63, 3.8) is 0 Å². The Morgan fingerprint density at radius 2 is 2.05 bits per heavy atom. The fourth-order valence-electron chi connectivity index (χ4n) is 2.25. The third-order valence-corrected chi connectivity index (χ3v) is 5.15. The molecule has 6 nitrogen and oxygen atoms in total. The molecule has 0 amide bonds. The molecule has 1 rings (SSSR count). The number of hydrogen-bond acceptors (Lipinski definition) is 5. The SMILES string of the molecule is CCN(C(C)CN(C)C)S(=O)(=O)c1cccnc1NC. The molecule has 1 aromatic heterocycles. The molecule has 0 spiro atoms. The molecule has 0 aliphatic rings. The first-order chi connectivity index (χ1) is 9.34. The number of hydrogen-bond donors (Lipinski definition) is 1. The third-order valence-electron chi connectivity index (χ3n) is 3.03. The van der Waals surface area contributed by atoms with Crippen LogP contribution in [0.2, 0.25) is 0 Å². The highest BCUT2D eigenvalue weighted by molar-refractivity contribution is 7.89. The van der Waals surface area contributed by atoms with Gasteiger partial charge in [-0.15, -0.1) is 0 Å². The normalized spacial score (nSPS) is 13.8. The molecule has 0 aliphatic carbocycles. The second-order valence-corrected chi connectivity index (χ2v) is 6.78. The summed E-state index contributed by atoms with van der Waals surface area (Å²) in [5, 5.41) is 2.83. The Bertz CT molecular complexity index is 531. The van der Waals surface area contributed by atoms with E-state index < -0.39 is 10.0 Å². The van der Waals surface area contributed by atoms with E-state index in [-0.39, 0.29) is 10.9 Å². The van der Waals surface area contributed by atoms with Gasteiger partial charge >= 0.3 is 0 Å². The lowest BCUT2D eigenvalue weighted by molar-refractivity contribution is 0.271. The largest absolute Gasteiger partial charge is 0.372 e. The lowest BCUT2D eigenvalue weighted by Gasteiger charge is -2.29. The summed E-state index contributed by atoms with van der Waals surface area (Å²) in [4.78, 5) is 6.27. The number of pyridine rings is 1. The second-order valence-electron chi connectivity index (χ2n) is 4.92. The Labute approximate surface area is 121 Å². The minimum Gasteiger partial charge on any atom is -0.372 e. The molecule has 0 saturated heterocycles. The molecule has 0 bridgehead atoms. The van der Waals surface area contributed by atoms with Gasteiger partial charge in [0.1, 0.15) is 10.7 Å². The van der Waals surface area contributed by atoms with Crippen LogP contribution in [0.3, 0.4) is 0 Å². The van der Waals surface area contributed by atoms with E-state index >= 15 is 0 Å². The Balaban J connectivity index is 3.18. The number of likely N-dealkylation sites (N-methyl/N-ethyl adjacent to an activating group) is 2. The highest BCUT2D eigenvalue weighted by atomic mass is 32.2. The van der Waals surface area contributed by atoms with Gasteiger partial charge in [0.15, 0.2) is 0 Å². The van der Waals surface area contributed by atoms with Gasteiger partial charge in [-0.25, -0.2) is 13.4 Å². The summed E-state index contributed by atoms with van der Waals surface area (Å²) >= 11 is 0. The lowest BCUT2D eigenvalue weighted by Crippen LogP contribution is -2.43. The van der Waals surface area contributed by atoms with Crippen molar-refractivity contribution in [1.82, 2.24) is 14.2 Å². The van der Waals surface area contributed by atoms with Gasteiger partial charge in [0.25, 0.3) is 0 Å². The first-order valence-corrected chi connectivity index (χ1v) is 8.08. The van der Waals surface area contributed by atoms with Crippen LogP contribution in [0.15, 0.2) is 23.2 Å². The summed E-state index contributed by atoms with van der Waals surface area (Å²) < 4.78 is 27.1. The standard InChI is InChI=1S/C13H24N4O2S/c1-6-17(11(2)10-16(4)5)20(18,19)12-8-7-9-15-13(12)14-3/h7-9,11H,6,10H2,1-5H3,(H,14,15). The zero-order valence-electron chi connectivity index (χ0n) is 12.8. The van der Waals surface area contributed by atoms with Gasteiger partial charge in [-0.3, -0.25) is 0 Å². The van der Waals surface area contributed by atoms with Gasteiger partial charge in [0, 0.05) is 32.4 Å². The minimum absolute atomic E-state index is 0.107. The van der Waals surface area contributed by atoms with Crippen molar-refractivity contribution in [1.29, 1.82) is 0 Å². The number of nitrogens with zero attached hydrogens (tertiary/aromatic N) is 3. The number of sulfonamides is 1. The highest BCUT2D eigenvalue weighted by Gasteiger charge is 2.30. The second kappa shape index (κ2) is 7.01. The van der Waals surface area contributed by atoms with Gasteiger partial charge in [-0.2, -0.15) is 4.31 Å². The van der Waals surface area contributed by atoms with E-state index in [1.54, 1.807) is 25.4 Å². The molecular weight excluding hydrogens is 276 g/mol. The monoisotopic (exact) mass is 300 g/mol. The molecule has 1 atom stereocenters. The van der Waals surface area contributed by atoms with Gasteiger partial charge in [0.05, 0.1) is 0 Å². The van der Waals surface area contributed by atoms with Crippen LogP contribution in [-0.2, 0) is 10.0 Å². The van der Waals surface area contributed by atoms with Crippen LogP contribution in [0.25, 0.3) is 0 Å². The van der Waals surface area contributed by atoms with Gasteiger partial charge in [-0.05, 0) is 33.2 Å². The molecule has 0 fully saturated rings. The summed E-state index contributed by atoms with van der Waals surface area (Å²) in [7, 11) is 1.97. The Morgan fingerprint density at radius 1 is 1.40 bits per heavy atom. The molecule has 1 N–H and O–H groups in total. The van der Waals surface area contributed by atoms with Crippen molar-refractivity contribution in [2.45, 2.75) is 24.8 Å². The van der Waals surface area contributed by atoms with Gasteiger partial charge in [-0.1, -0.05) is 6.92 Å². The topological polar surface area (TPSA) is 65.5 Å². The van der Waals surface area contributed by atoms with E-state index in [2.05, 4.69) is 10.3 Å². The maximum Gasteiger partial charge on any atom is 0.247 e. The van der Waals surface area contributed by atoms with Crippen LogP contribution in [0, 0.1) is 0 Å². The van der Waals surface area contributed by atoms with Gasteiger partial charge in [0.2, 0.25) is 10.0 Å². The van der Waals surface area contributed by atoms with Crippen molar-refractivity contribution >= 4 is 15.8 Å². The molecule has 0 aliphatic heterocycles. The minimum atomic E-state index is -3.56. The quantitative estimate of drug-likeness (QED) is 0.816. The Kier molecular flexibility index (Phi) is 5.91. The molecule has 0 saturated carbocycles. The number of rotatable bonds is 7. The molecule has 1 aromatic rings. The van der Waals surface area contributed by atoms with E-state index in [9.17, 15) is 8.42 Å². The molecule has 1 unspecified atom stereocenters.